The van der Waals surface area contributed by atoms with Crippen molar-refractivity contribution in [2.75, 3.05) is 6.26 Å². The third-order valence-corrected chi connectivity index (χ3v) is 12.1. The normalized spacial score (nSPS) is 49.7. The predicted molar refractivity (Wildman–Crippen MR) is 132 cm³/mol. The first-order valence-electron chi connectivity index (χ1n) is 14.0. The van der Waals surface area contributed by atoms with Gasteiger partial charge in [0.25, 0.3) is 10.1 Å². The van der Waals surface area contributed by atoms with E-state index < -0.39 is 10.1 Å². The molecule has 5 rings (SSSR count). The van der Waals surface area contributed by atoms with Gasteiger partial charge in [0, 0.05) is 5.41 Å². The molecule has 0 bridgehead atoms. The fourth-order valence-electron chi connectivity index (χ4n) is 9.95. The van der Waals surface area contributed by atoms with Crippen LogP contribution in [0.5, 0.6) is 0 Å². The third kappa shape index (κ3) is 4.14. The van der Waals surface area contributed by atoms with Gasteiger partial charge in [-0.1, -0.05) is 53.9 Å². The maximum absolute atomic E-state index is 11.8. The number of rotatable bonds is 7. The Balaban J connectivity index is 1.30. The molecule has 0 radical (unpaired) electrons. The predicted octanol–water partition coefficient (Wildman–Crippen LogP) is 6.44. The highest BCUT2D eigenvalue weighted by Gasteiger charge is 2.70. The van der Waals surface area contributed by atoms with Crippen LogP contribution in [0.25, 0.3) is 0 Å². The second-order valence-electron chi connectivity index (χ2n) is 13.6. The van der Waals surface area contributed by atoms with Crippen LogP contribution in [0, 0.1) is 52.3 Å². The summed E-state index contributed by atoms with van der Waals surface area (Å²) in [7, 11) is -3.44. The third-order valence-electron chi connectivity index (χ3n) is 11.5. The Kier molecular flexibility index (Phi) is 6.31. The van der Waals surface area contributed by atoms with E-state index in [0.717, 1.165) is 41.9 Å². The Bertz CT molecular complexity index is 839. The van der Waals surface area contributed by atoms with Crippen LogP contribution in [-0.2, 0) is 19.0 Å². The quantitative estimate of drug-likeness (QED) is 0.311. The molecule has 33 heavy (non-hydrogen) atoms. The summed E-state index contributed by atoms with van der Waals surface area (Å²) in [6, 6.07) is 0. The molecular formula is C28H48O4S. The van der Waals surface area contributed by atoms with Gasteiger partial charge in [-0.15, -0.1) is 0 Å². The zero-order valence-electron chi connectivity index (χ0n) is 21.9. The summed E-state index contributed by atoms with van der Waals surface area (Å²) < 4.78 is 35.3. The van der Waals surface area contributed by atoms with Crippen LogP contribution < -0.4 is 0 Å². The van der Waals surface area contributed by atoms with Crippen LogP contribution in [0.2, 0.25) is 0 Å². The molecule has 0 aromatic heterocycles. The second kappa shape index (κ2) is 8.47. The highest BCUT2D eigenvalue weighted by molar-refractivity contribution is 7.86. The maximum atomic E-state index is 11.8. The van der Waals surface area contributed by atoms with E-state index in [4.69, 9.17) is 8.92 Å². The minimum absolute atomic E-state index is 0.00894. The summed E-state index contributed by atoms with van der Waals surface area (Å²) in [6.45, 7) is 12.4. The van der Waals surface area contributed by atoms with Gasteiger partial charge in [-0.25, -0.2) is 0 Å². The minimum Gasteiger partial charge on any atom is -0.366 e. The Morgan fingerprint density at radius 3 is 2.45 bits per heavy atom. The molecule has 1 aliphatic heterocycles. The van der Waals surface area contributed by atoms with Crippen molar-refractivity contribution >= 4 is 10.1 Å². The lowest BCUT2D eigenvalue weighted by Gasteiger charge is -2.60. The Labute approximate surface area is 203 Å². The molecule has 1 heterocycles. The average Bonchev–Trinajstić information content (AvgIpc) is 3.44. The van der Waals surface area contributed by atoms with Crippen molar-refractivity contribution in [2.24, 2.45) is 52.3 Å². The SMILES string of the molecule is CC(C)CCC[C@@H](C)[C@H]1CC[C@H]2[C@@H]3CC[C@H]4C[C@@H](OS(C)(=O)=O)[C@@H]5O[C@@H]5[C@]4(C)[C@H]3CC[C@]12C. The van der Waals surface area contributed by atoms with Crippen LogP contribution in [0.4, 0.5) is 0 Å². The monoisotopic (exact) mass is 480 g/mol. The van der Waals surface area contributed by atoms with Crippen LogP contribution in [0.15, 0.2) is 0 Å². The molecule has 4 aliphatic carbocycles. The van der Waals surface area contributed by atoms with Gasteiger partial charge in [0.1, 0.15) is 12.2 Å². The fourth-order valence-corrected chi connectivity index (χ4v) is 10.6. The van der Waals surface area contributed by atoms with Gasteiger partial charge in [0.15, 0.2) is 0 Å². The van der Waals surface area contributed by atoms with Gasteiger partial charge in [0.05, 0.1) is 12.4 Å². The highest BCUT2D eigenvalue weighted by Crippen LogP contribution is 2.70. The van der Waals surface area contributed by atoms with Crippen molar-refractivity contribution in [3.05, 3.63) is 0 Å². The number of hydrogen-bond acceptors (Lipinski definition) is 4. The van der Waals surface area contributed by atoms with E-state index in [9.17, 15) is 8.42 Å². The molecule has 0 spiro atoms. The van der Waals surface area contributed by atoms with Crippen molar-refractivity contribution in [2.45, 2.75) is 117 Å². The fraction of sp³-hybridized carbons (Fsp3) is 1.00. The largest absolute Gasteiger partial charge is 0.366 e. The summed E-state index contributed by atoms with van der Waals surface area (Å²) in [5.41, 5.74) is 0.718. The summed E-state index contributed by atoms with van der Waals surface area (Å²) in [6.07, 6.45) is 14.2. The zero-order valence-corrected chi connectivity index (χ0v) is 22.7. The van der Waals surface area contributed by atoms with Crippen molar-refractivity contribution < 1.29 is 17.3 Å². The van der Waals surface area contributed by atoms with Crippen molar-refractivity contribution in [1.29, 1.82) is 0 Å². The summed E-state index contributed by atoms with van der Waals surface area (Å²) in [5, 5.41) is 0. The topological polar surface area (TPSA) is 55.9 Å². The van der Waals surface area contributed by atoms with E-state index in [2.05, 4.69) is 34.6 Å². The van der Waals surface area contributed by atoms with Gasteiger partial charge in [-0.05, 0) is 91.8 Å². The first-order chi connectivity index (χ1) is 15.4. The molecule has 5 heteroatoms. The Morgan fingerprint density at radius 1 is 1.00 bits per heavy atom. The molecule has 0 aromatic carbocycles. The molecule has 4 nitrogen and oxygen atoms in total. The van der Waals surface area contributed by atoms with E-state index >= 15 is 0 Å². The van der Waals surface area contributed by atoms with E-state index in [1.807, 2.05) is 0 Å². The molecule has 5 aliphatic rings. The molecule has 0 N–H and O–H groups in total. The smallest absolute Gasteiger partial charge is 0.264 e. The Hall–Kier alpha value is -0.130. The number of epoxide rings is 1. The summed E-state index contributed by atoms with van der Waals surface area (Å²) in [4.78, 5) is 0. The van der Waals surface area contributed by atoms with Crippen LogP contribution in [0.1, 0.15) is 98.8 Å². The molecule has 190 valence electrons. The van der Waals surface area contributed by atoms with E-state index in [-0.39, 0.29) is 23.7 Å². The van der Waals surface area contributed by atoms with Gasteiger partial charge >= 0.3 is 0 Å². The van der Waals surface area contributed by atoms with Crippen LogP contribution in [-0.4, -0.2) is 33.0 Å². The summed E-state index contributed by atoms with van der Waals surface area (Å²) in [5.74, 6) is 5.53. The summed E-state index contributed by atoms with van der Waals surface area (Å²) >= 11 is 0. The van der Waals surface area contributed by atoms with Gasteiger partial charge in [0.2, 0.25) is 0 Å². The lowest BCUT2D eigenvalue weighted by Crippen LogP contribution is -2.57. The molecule has 4 saturated carbocycles. The van der Waals surface area contributed by atoms with Gasteiger partial charge in [-0.3, -0.25) is 4.18 Å². The molecule has 1 saturated heterocycles. The minimum atomic E-state index is -3.44. The first-order valence-corrected chi connectivity index (χ1v) is 15.8. The van der Waals surface area contributed by atoms with E-state index in [1.165, 1.54) is 64.0 Å². The van der Waals surface area contributed by atoms with Crippen LogP contribution in [0.3, 0.4) is 0 Å². The number of fused-ring (bicyclic) bond motifs is 7. The van der Waals surface area contributed by atoms with Crippen molar-refractivity contribution in [3.8, 4) is 0 Å². The second-order valence-corrected chi connectivity index (χ2v) is 15.2. The molecule has 0 amide bonds. The highest BCUT2D eigenvalue weighted by atomic mass is 32.2. The Morgan fingerprint density at radius 2 is 1.76 bits per heavy atom. The molecular weight excluding hydrogens is 432 g/mol. The van der Waals surface area contributed by atoms with Crippen LogP contribution >= 0.6 is 0 Å². The lowest BCUT2D eigenvalue weighted by atomic mass is 9.44. The number of hydrogen-bond donors (Lipinski definition) is 0. The number of ether oxygens (including phenoxy) is 1. The maximum Gasteiger partial charge on any atom is 0.264 e. The average molecular weight is 481 g/mol. The molecule has 0 unspecified atom stereocenters. The van der Waals surface area contributed by atoms with Gasteiger partial charge in [-0.2, -0.15) is 8.42 Å². The standard InChI is InChI=1S/C28H48O4S/c1-17(2)8-7-9-18(3)21-12-13-22-20-11-10-19-16-24(32-33(6,29)30)25-26(31-25)28(19,5)23(20)14-15-27(21,22)4/h17-26H,7-16H2,1-6H3/t18-,19+,20+,21-,22+,23+,24-,25+,26+,27-,28+/m1/s1. The first kappa shape index (κ1) is 24.6. The molecule has 0 aromatic rings. The molecule has 5 fully saturated rings. The van der Waals surface area contributed by atoms with Crippen molar-refractivity contribution in [1.82, 2.24) is 0 Å². The van der Waals surface area contributed by atoms with Gasteiger partial charge < -0.3 is 4.74 Å². The zero-order chi connectivity index (χ0) is 23.8. The van der Waals surface area contributed by atoms with Crippen molar-refractivity contribution in [3.63, 3.8) is 0 Å². The lowest BCUT2D eigenvalue weighted by molar-refractivity contribution is -0.121. The molecule has 11 atom stereocenters. The van der Waals surface area contributed by atoms with E-state index in [1.54, 1.807) is 0 Å². The van der Waals surface area contributed by atoms with E-state index in [0.29, 0.717) is 11.3 Å².